The predicted molar refractivity (Wildman–Crippen MR) is 103 cm³/mol. The summed E-state index contributed by atoms with van der Waals surface area (Å²) in [6.07, 6.45) is 8.76. The van der Waals surface area contributed by atoms with Crippen LogP contribution in [-0.2, 0) is 11.8 Å². The van der Waals surface area contributed by atoms with Gasteiger partial charge in [-0.05, 0) is 37.7 Å². The Morgan fingerprint density at radius 2 is 2.00 bits per heavy atom. The minimum atomic E-state index is 0.0502. The molecule has 1 fully saturated rings. The topological polar surface area (TPSA) is 69.0 Å². The zero-order valence-electron chi connectivity index (χ0n) is 16.1. The van der Waals surface area contributed by atoms with Gasteiger partial charge in [0, 0.05) is 19.5 Å². The summed E-state index contributed by atoms with van der Waals surface area (Å²) in [4.78, 5) is 17.0. The Bertz CT molecular complexity index is 746. The summed E-state index contributed by atoms with van der Waals surface area (Å²) in [5.74, 6) is 1.75. The summed E-state index contributed by atoms with van der Waals surface area (Å²) in [7, 11) is 1.84. The summed E-state index contributed by atoms with van der Waals surface area (Å²) in [6, 6.07) is 3.79. The number of aromatic nitrogens is 3. The maximum absolute atomic E-state index is 12.4. The molecule has 0 saturated heterocycles. The van der Waals surface area contributed by atoms with Crippen molar-refractivity contribution in [2.45, 2.75) is 71.3 Å². The lowest BCUT2D eigenvalue weighted by Gasteiger charge is -2.20. The summed E-state index contributed by atoms with van der Waals surface area (Å²) in [6.45, 7) is 4.22. The molecule has 1 aliphatic carbocycles. The van der Waals surface area contributed by atoms with Crippen LogP contribution in [0.4, 0.5) is 5.82 Å². The average molecular weight is 358 g/mol. The van der Waals surface area contributed by atoms with E-state index in [9.17, 15) is 4.79 Å². The highest BCUT2D eigenvalue weighted by atomic mass is 16.5. The molecule has 0 atom stereocenters. The van der Waals surface area contributed by atoms with Crippen molar-refractivity contribution >= 4 is 22.8 Å². The molecule has 1 aliphatic rings. The maximum Gasteiger partial charge on any atom is 0.225 e. The molecular weight excluding hydrogens is 328 g/mol. The molecule has 6 heteroatoms. The van der Waals surface area contributed by atoms with Gasteiger partial charge in [-0.15, -0.1) is 0 Å². The Hall–Kier alpha value is -2.11. The van der Waals surface area contributed by atoms with Gasteiger partial charge in [0.2, 0.25) is 11.8 Å². The first kappa shape index (κ1) is 18.7. The van der Waals surface area contributed by atoms with E-state index in [1.54, 1.807) is 4.68 Å². The van der Waals surface area contributed by atoms with Crippen LogP contribution in [0.3, 0.4) is 0 Å². The minimum Gasteiger partial charge on any atom is -0.474 e. The molecule has 26 heavy (non-hydrogen) atoms. The number of carbonyl (C=O) groups excluding carboxylic acids is 1. The summed E-state index contributed by atoms with van der Waals surface area (Å²) in [5.41, 5.74) is 0.724. The molecule has 2 aromatic heterocycles. The lowest BCUT2D eigenvalue weighted by Crippen LogP contribution is -2.18. The number of hydrogen-bond donors (Lipinski definition) is 1. The van der Waals surface area contributed by atoms with Gasteiger partial charge >= 0.3 is 0 Å². The van der Waals surface area contributed by atoms with Crippen molar-refractivity contribution in [3.63, 3.8) is 0 Å². The second kappa shape index (κ2) is 8.52. The van der Waals surface area contributed by atoms with Crippen molar-refractivity contribution < 1.29 is 9.53 Å². The summed E-state index contributed by atoms with van der Waals surface area (Å²) >= 11 is 0. The normalized spacial score (nSPS) is 15.5. The van der Waals surface area contributed by atoms with E-state index < -0.39 is 0 Å². The van der Waals surface area contributed by atoms with E-state index in [0.717, 1.165) is 36.7 Å². The molecule has 1 amide bonds. The van der Waals surface area contributed by atoms with Crippen LogP contribution in [0.1, 0.15) is 65.2 Å². The highest BCUT2D eigenvalue weighted by molar-refractivity contribution is 5.98. The third kappa shape index (κ3) is 4.34. The number of aryl methyl sites for hydroxylation is 1. The molecule has 0 spiro atoms. The lowest BCUT2D eigenvalue weighted by molar-refractivity contribution is -0.117. The Balaban J connectivity index is 1.71. The number of anilines is 1. The van der Waals surface area contributed by atoms with E-state index >= 15 is 0 Å². The van der Waals surface area contributed by atoms with Gasteiger partial charge in [-0.3, -0.25) is 4.79 Å². The Kier molecular flexibility index (Phi) is 6.12. The lowest BCUT2D eigenvalue weighted by atomic mass is 9.87. The van der Waals surface area contributed by atoms with Crippen molar-refractivity contribution in [1.82, 2.24) is 14.8 Å². The van der Waals surface area contributed by atoms with Crippen LogP contribution in [0.2, 0.25) is 0 Å². The van der Waals surface area contributed by atoms with Crippen LogP contribution in [-0.4, -0.2) is 26.8 Å². The zero-order valence-corrected chi connectivity index (χ0v) is 16.1. The molecule has 2 aromatic rings. The molecule has 0 radical (unpaired) electrons. The highest BCUT2D eigenvalue weighted by Crippen LogP contribution is 2.28. The molecule has 1 saturated carbocycles. The molecule has 1 N–H and O–H groups in total. The molecule has 0 aliphatic heterocycles. The third-order valence-electron chi connectivity index (χ3n) is 5.32. The number of fused-ring (bicyclic) bond motifs is 1. The van der Waals surface area contributed by atoms with Crippen molar-refractivity contribution in [1.29, 1.82) is 0 Å². The number of nitrogens with one attached hydrogen (secondary N) is 1. The second-order valence-corrected chi connectivity index (χ2v) is 7.31. The monoisotopic (exact) mass is 358 g/mol. The number of pyridine rings is 1. The minimum absolute atomic E-state index is 0.0502. The Morgan fingerprint density at radius 3 is 2.69 bits per heavy atom. The van der Waals surface area contributed by atoms with Gasteiger partial charge < -0.3 is 10.1 Å². The number of hydrogen-bond acceptors (Lipinski definition) is 4. The largest absolute Gasteiger partial charge is 0.474 e. The molecule has 3 rings (SSSR count). The van der Waals surface area contributed by atoms with E-state index in [1.165, 1.54) is 19.3 Å². The van der Waals surface area contributed by atoms with Crippen molar-refractivity contribution in [3.05, 3.63) is 12.1 Å². The van der Waals surface area contributed by atoms with Crippen LogP contribution >= 0.6 is 0 Å². The molecular formula is C20H30N4O2. The van der Waals surface area contributed by atoms with E-state index in [0.29, 0.717) is 24.0 Å². The number of carbonyl (C=O) groups is 1. The molecule has 142 valence electrons. The van der Waals surface area contributed by atoms with Crippen LogP contribution in [0, 0.1) is 5.92 Å². The number of rotatable bonds is 7. The van der Waals surface area contributed by atoms with Crippen LogP contribution in [0.5, 0.6) is 5.88 Å². The predicted octanol–water partition coefficient (Wildman–Crippen LogP) is 4.44. The zero-order chi connectivity index (χ0) is 18.5. The maximum atomic E-state index is 12.4. The van der Waals surface area contributed by atoms with E-state index in [2.05, 4.69) is 29.2 Å². The fraction of sp³-hybridized carbons (Fsp3) is 0.650. The van der Waals surface area contributed by atoms with Crippen molar-refractivity contribution in [2.75, 3.05) is 5.32 Å². The molecule has 0 unspecified atom stereocenters. The van der Waals surface area contributed by atoms with Gasteiger partial charge in [-0.2, -0.15) is 10.1 Å². The van der Waals surface area contributed by atoms with Crippen LogP contribution in [0.15, 0.2) is 12.1 Å². The highest BCUT2D eigenvalue weighted by Gasteiger charge is 2.19. The van der Waals surface area contributed by atoms with Gasteiger partial charge in [-0.1, -0.05) is 33.1 Å². The summed E-state index contributed by atoms with van der Waals surface area (Å²) in [5, 5.41) is 8.28. The first-order valence-corrected chi connectivity index (χ1v) is 9.91. The van der Waals surface area contributed by atoms with E-state index in [-0.39, 0.29) is 12.0 Å². The SMILES string of the molecule is CCC(CC)Oc1ccc2c(NC(=O)CC3CCCCC3)nn(C)c2n1. The fourth-order valence-corrected chi connectivity index (χ4v) is 3.73. The van der Waals surface area contributed by atoms with E-state index in [4.69, 9.17) is 4.74 Å². The van der Waals surface area contributed by atoms with Gasteiger partial charge in [0.1, 0.15) is 0 Å². The van der Waals surface area contributed by atoms with Gasteiger partial charge in [0.15, 0.2) is 11.5 Å². The van der Waals surface area contributed by atoms with Gasteiger partial charge in [-0.25, -0.2) is 4.68 Å². The Morgan fingerprint density at radius 1 is 1.27 bits per heavy atom. The fourth-order valence-electron chi connectivity index (χ4n) is 3.73. The van der Waals surface area contributed by atoms with Crippen molar-refractivity contribution in [2.24, 2.45) is 13.0 Å². The van der Waals surface area contributed by atoms with Crippen molar-refractivity contribution in [3.8, 4) is 5.88 Å². The van der Waals surface area contributed by atoms with Gasteiger partial charge in [0.05, 0.1) is 11.5 Å². The first-order chi connectivity index (χ1) is 12.6. The number of nitrogens with zero attached hydrogens (tertiary/aromatic N) is 3. The number of amides is 1. The van der Waals surface area contributed by atoms with Crippen LogP contribution in [0.25, 0.3) is 11.0 Å². The molecule has 0 bridgehead atoms. The Labute approximate surface area is 155 Å². The van der Waals surface area contributed by atoms with E-state index in [1.807, 2.05) is 19.2 Å². The third-order valence-corrected chi connectivity index (χ3v) is 5.32. The quantitative estimate of drug-likeness (QED) is 0.794. The average Bonchev–Trinajstić information content (AvgIpc) is 2.95. The number of ether oxygens (including phenoxy) is 1. The standard InChI is InChI=1S/C20H30N4O2/c1-4-15(5-2)26-18-12-11-16-19(23-24(3)20(16)22-18)21-17(25)13-14-9-7-6-8-10-14/h11-12,14-15H,4-10,13H2,1-3H3,(H,21,23,25). The first-order valence-electron chi connectivity index (χ1n) is 9.91. The molecule has 0 aromatic carbocycles. The summed E-state index contributed by atoms with van der Waals surface area (Å²) < 4.78 is 7.63. The van der Waals surface area contributed by atoms with Gasteiger partial charge in [0.25, 0.3) is 0 Å². The smallest absolute Gasteiger partial charge is 0.225 e. The second-order valence-electron chi connectivity index (χ2n) is 7.31. The van der Waals surface area contributed by atoms with Crippen LogP contribution < -0.4 is 10.1 Å². The molecule has 6 nitrogen and oxygen atoms in total. The molecule has 2 heterocycles.